The first-order valence-electron chi connectivity index (χ1n) is 8.38. The number of nitrogens with one attached hydrogen (secondary N) is 2. The maximum absolute atomic E-state index is 12.2. The molecule has 6 nitrogen and oxygen atoms in total. The summed E-state index contributed by atoms with van der Waals surface area (Å²) < 4.78 is 5.44. The zero-order chi connectivity index (χ0) is 16.6. The molecule has 6 heteroatoms. The fourth-order valence-electron chi connectivity index (χ4n) is 1.91. The van der Waals surface area contributed by atoms with Gasteiger partial charge in [-0.2, -0.15) is 0 Å². The third-order valence-electron chi connectivity index (χ3n) is 3.05. The maximum atomic E-state index is 12.2. The highest BCUT2D eigenvalue weighted by molar-refractivity contribution is 5.80. The van der Waals surface area contributed by atoms with Gasteiger partial charge in [0.15, 0.2) is 5.96 Å². The summed E-state index contributed by atoms with van der Waals surface area (Å²) >= 11 is 0. The van der Waals surface area contributed by atoms with Gasteiger partial charge >= 0.3 is 6.09 Å². The summed E-state index contributed by atoms with van der Waals surface area (Å²) in [6.45, 7) is 12.4. The summed E-state index contributed by atoms with van der Waals surface area (Å²) in [6, 6.07) is 0.565. The molecule has 0 bridgehead atoms. The van der Waals surface area contributed by atoms with Gasteiger partial charge in [0.2, 0.25) is 0 Å². The summed E-state index contributed by atoms with van der Waals surface area (Å²) in [5.74, 6) is 0.839. The molecule has 0 unspecified atom stereocenters. The highest BCUT2D eigenvalue weighted by Gasteiger charge is 2.23. The fourth-order valence-corrected chi connectivity index (χ4v) is 1.91. The van der Waals surface area contributed by atoms with Gasteiger partial charge < -0.3 is 20.3 Å². The van der Waals surface area contributed by atoms with Gasteiger partial charge in [-0.25, -0.2) is 4.79 Å². The van der Waals surface area contributed by atoms with Crippen LogP contribution >= 0.6 is 0 Å². The van der Waals surface area contributed by atoms with Gasteiger partial charge in [0, 0.05) is 25.7 Å². The van der Waals surface area contributed by atoms with Crippen molar-refractivity contribution in [2.45, 2.75) is 65.5 Å². The normalized spacial score (nSPS) is 15.4. The first kappa shape index (κ1) is 18.6. The predicted octanol–water partition coefficient (Wildman–Crippen LogP) is 2.35. The van der Waals surface area contributed by atoms with Crippen LogP contribution in [0, 0.1) is 0 Å². The lowest BCUT2D eigenvalue weighted by Gasteiger charge is -2.26. The lowest BCUT2D eigenvalue weighted by atomic mass is 10.2. The standard InChI is InChI=1S/C16H32N4O2/c1-6-11-20(15(21)22-16(3,4)5)12-10-18-14(17-7-2)19-13-8-9-13/h13H,6-12H2,1-5H3,(H2,17,18,19). The molecule has 2 N–H and O–H groups in total. The minimum absolute atomic E-state index is 0.260. The van der Waals surface area contributed by atoms with E-state index < -0.39 is 5.60 Å². The molecule has 0 spiro atoms. The Morgan fingerprint density at radius 2 is 1.95 bits per heavy atom. The van der Waals surface area contributed by atoms with Crippen molar-refractivity contribution in [3.63, 3.8) is 0 Å². The third-order valence-corrected chi connectivity index (χ3v) is 3.05. The Kier molecular flexibility index (Phi) is 7.48. The van der Waals surface area contributed by atoms with E-state index in [2.05, 4.69) is 22.5 Å². The van der Waals surface area contributed by atoms with Crippen molar-refractivity contribution in [3.8, 4) is 0 Å². The molecule has 1 fully saturated rings. The van der Waals surface area contributed by atoms with Gasteiger partial charge in [-0.1, -0.05) is 6.92 Å². The number of aliphatic imine (C=N–C) groups is 1. The lowest BCUT2D eigenvalue weighted by molar-refractivity contribution is 0.0256. The second kappa shape index (κ2) is 8.86. The van der Waals surface area contributed by atoms with E-state index >= 15 is 0 Å². The molecule has 22 heavy (non-hydrogen) atoms. The topological polar surface area (TPSA) is 66.0 Å². The summed E-state index contributed by atoms with van der Waals surface area (Å²) in [4.78, 5) is 18.4. The smallest absolute Gasteiger partial charge is 0.410 e. The Bertz CT molecular complexity index is 373. The molecule has 0 aliphatic heterocycles. The van der Waals surface area contributed by atoms with Gasteiger partial charge in [0.05, 0.1) is 6.54 Å². The minimum Gasteiger partial charge on any atom is -0.444 e. The van der Waals surface area contributed by atoms with Crippen molar-refractivity contribution in [2.75, 3.05) is 26.2 Å². The van der Waals surface area contributed by atoms with E-state index in [1.54, 1.807) is 4.90 Å². The summed E-state index contributed by atoms with van der Waals surface area (Å²) in [7, 11) is 0. The number of hydrogen-bond acceptors (Lipinski definition) is 3. The lowest BCUT2D eigenvalue weighted by Crippen LogP contribution is -2.41. The van der Waals surface area contributed by atoms with Crippen molar-refractivity contribution in [1.29, 1.82) is 0 Å². The summed E-state index contributed by atoms with van der Waals surface area (Å²) in [6.07, 6.45) is 3.07. The molecule has 0 aromatic heterocycles. The molecule has 0 atom stereocenters. The quantitative estimate of drug-likeness (QED) is 0.559. The number of rotatable bonds is 7. The van der Waals surface area contributed by atoms with E-state index in [0.29, 0.717) is 25.7 Å². The van der Waals surface area contributed by atoms with Crippen LogP contribution in [0.25, 0.3) is 0 Å². The van der Waals surface area contributed by atoms with Crippen LogP contribution in [-0.4, -0.2) is 54.8 Å². The summed E-state index contributed by atoms with van der Waals surface area (Å²) in [5.41, 5.74) is -0.463. The zero-order valence-corrected chi connectivity index (χ0v) is 14.7. The SMILES string of the molecule is CCCN(CCN=C(NCC)NC1CC1)C(=O)OC(C)(C)C. The number of carbonyl (C=O) groups is 1. The number of nitrogens with zero attached hydrogens (tertiary/aromatic N) is 2. The Balaban J connectivity index is 2.48. The van der Waals surface area contributed by atoms with Crippen molar-refractivity contribution in [1.82, 2.24) is 15.5 Å². The fraction of sp³-hybridized carbons (Fsp3) is 0.875. The molecule has 0 radical (unpaired) electrons. The molecule has 0 aromatic rings. The summed E-state index contributed by atoms with van der Waals surface area (Å²) in [5, 5.41) is 6.60. The molecule has 128 valence electrons. The number of hydrogen-bond donors (Lipinski definition) is 2. The Morgan fingerprint density at radius 1 is 1.27 bits per heavy atom. The van der Waals surface area contributed by atoms with Crippen LogP contribution in [0.1, 0.15) is 53.9 Å². The molecule has 1 aliphatic rings. The zero-order valence-electron chi connectivity index (χ0n) is 14.7. The van der Waals surface area contributed by atoms with Crippen molar-refractivity contribution >= 4 is 12.1 Å². The van der Waals surface area contributed by atoms with Crippen molar-refractivity contribution in [2.24, 2.45) is 4.99 Å². The van der Waals surface area contributed by atoms with Gasteiger partial charge in [-0.05, 0) is 47.0 Å². The second-order valence-electron chi connectivity index (χ2n) is 6.65. The van der Waals surface area contributed by atoms with E-state index in [-0.39, 0.29) is 6.09 Å². The minimum atomic E-state index is -0.463. The van der Waals surface area contributed by atoms with Crippen LogP contribution < -0.4 is 10.6 Å². The predicted molar refractivity (Wildman–Crippen MR) is 90.2 cm³/mol. The van der Waals surface area contributed by atoms with Crippen LogP contribution in [-0.2, 0) is 4.74 Å². The third kappa shape index (κ3) is 8.10. The van der Waals surface area contributed by atoms with Crippen LogP contribution in [0.15, 0.2) is 4.99 Å². The molecule has 1 amide bonds. The molecule has 1 saturated carbocycles. The van der Waals surface area contributed by atoms with E-state index in [9.17, 15) is 4.79 Å². The van der Waals surface area contributed by atoms with Gasteiger partial charge in [0.1, 0.15) is 5.60 Å². The monoisotopic (exact) mass is 312 g/mol. The van der Waals surface area contributed by atoms with Crippen LogP contribution in [0.3, 0.4) is 0 Å². The van der Waals surface area contributed by atoms with Crippen LogP contribution in [0.4, 0.5) is 4.79 Å². The molecular formula is C16H32N4O2. The van der Waals surface area contributed by atoms with Gasteiger partial charge in [-0.3, -0.25) is 4.99 Å². The first-order chi connectivity index (χ1) is 10.4. The van der Waals surface area contributed by atoms with Crippen LogP contribution in [0.2, 0.25) is 0 Å². The average molecular weight is 312 g/mol. The highest BCUT2D eigenvalue weighted by Crippen LogP contribution is 2.18. The van der Waals surface area contributed by atoms with Crippen LogP contribution in [0.5, 0.6) is 0 Å². The van der Waals surface area contributed by atoms with Crippen molar-refractivity contribution < 1.29 is 9.53 Å². The number of carbonyl (C=O) groups excluding carboxylic acids is 1. The first-order valence-corrected chi connectivity index (χ1v) is 8.38. The van der Waals surface area contributed by atoms with E-state index in [1.807, 2.05) is 27.7 Å². The highest BCUT2D eigenvalue weighted by atomic mass is 16.6. The molecular weight excluding hydrogens is 280 g/mol. The number of ether oxygens (including phenoxy) is 1. The Morgan fingerprint density at radius 3 is 2.45 bits per heavy atom. The Labute approximate surface area is 134 Å². The average Bonchev–Trinajstić information content (AvgIpc) is 3.19. The van der Waals surface area contributed by atoms with Gasteiger partial charge in [0.25, 0.3) is 0 Å². The van der Waals surface area contributed by atoms with Crippen molar-refractivity contribution in [3.05, 3.63) is 0 Å². The number of guanidine groups is 1. The Hall–Kier alpha value is -1.46. The molecule has 1 rings (SSSR count). The number of amides is 1. The molecule has 1 aliphatic carbocycles. The van der Waals surface area contributed by atoms with E-state index in [4.69, 9.17) is 4.74 Å². The van der Waals surface area contributed by atoms with E-state index in [1.165, 1.54) is 12.8 Å². The maximum Gasteiger partial charge on any atom is 0.410 e. The molecule has 0 saturated heterocycles. The van der Waals surface area contributed by atoms with Gasteiger partial charge in [-0.15, -0.1) is 0 Å². The molecule has 0 heterocycles. The second-order valence-corrected chi connectivity index (χ2v) is 6.65. The molecule has 0 aromatic carbocycles. The van der Waals surface area contributed by atoms with E-state index in [0.717, 1.165) is 18.9 Å². The largest absolute Gasteiger partial charge is 0.444 e.